The van der Waals surface area contributed by atoms with Gasteiger partial charge in [-0.1, -0.05) is 6.07 Å². The van der Waals surface area contributed by atoms with Crippen LogP contribution >= 0.6 is 29.8 Å². The molecule has 0 saturated heterocycles. The molecule has 0 spiro atoms. The molecule has 102 valence electrons. The van der Waals surface area contributed by atoms with Gasteiger partial charge in [-0.25, -0.2) is 4.57 Å². The predicted molar refractivity (Wildman–Crippen MR) is 79.0 cm³/mol. The highest BCUT2D eigenvalue weighted by Gasteiger charge is 2.26. The summed E-state index contributed by atoms with van der Waals surface area (Å²) in [6.45, 7) is 2.98. The number of hydrogen-bond donors (Lipinski definition) is 0. The lowest BCUT2D eigenvalue weighted by Crippen LogP contribution is -1.97. The summed E-state index contributed by atoms with van der Waals surface area (Å²) < 4.78 is 23.2. The molecule has 0 heterocycles. The molecule has 0 aliphatic rings. The topological polar surface area (TPSA) is 35.5 Å². The van der Waals surface area contributed by atoms with Gasteiger partial charge in [-0.15, -0.1) is 11.6 Å². The lowest BCUT2D eigenvalue weighted by Gasteiger charge is -2.17. The second-order valence-electron chi connectivity index (χ2n) is 3.72. The summed E-state index contributed by atoms with van der Waals surface area (Å²) in [5.41, 5.74) is 2.26. The number of benzene rings is 1. The third kappa shape index (κ3) is 4.85. The van der Waals surface area contributed by atoms with E-state index in [1.165, 1.54) is 5.56 Å². The number of alkyl halides is 1. The first kappa shape index (κ1) is 15.9. The van der Waals surface area contributed by atoms with E-state index in [1.807, 2.05) is 26.0 Å². The first-order valence-corrected chi connectivity index (χ1v) is 9.39. The molecule has 0 N–H and O–H groups in total. The predicted octanol–water partition coefficient (Wildman–Crippen LogP) is 4.80. The Labute approximate surface area is 117 Å². The maximum Gasteiger partial charge on any atom is 0.440 e. The van der Waals surface area contributed by atoms with Crippen molar-refractivity contribution in [3.63, 3.8) is 0 Å². The zero-order chi connectivity index (χ0) is 13.6. The maximum atomic E-state index is 12.4. The van der Waals surface area contributed by atoms with Gasteiger partial charge in [0.1, 0.15) is 5.75 Å². The molecule has 0 aliphatic carbocycles. The SMILES string of the molecule is CCOP(=O)(Oc1ccc(C)c(C)c1)SCCCl. The fourth-order valence-corrected chi connectivity index (χ4v) is 4.91. The Bertz CT molecular complexity index is 439. The first-order valence-electron chi connectivity index (χ1n) is 5.72. The molecule has 1 rings (SSSR count). The number of rotatable bonds is 7. The van der Waals surface area contributed by atoms with Gasteiger partial charge < -0.3 is 4.52 Å². The van der Waals surface area contributed by atoms with Gasteiger partial charge in [0.15, 0.2) is 0 Å². The molecule has 1 atom stereocenters. The monoisotopic (exact) mass is 308 g/mol. The van der Waals surface area contributed by atoms with Gasteiger partial charge in [-0.3, -0.25) is 4.52 Å². The van der Waals surface area contributed by atoms with Gasteiger partial charge in [-0.05, 0) is 55.4 Å². The van der Waals surface area contributed by atoms with E-state index in [0.29, 0.717) is 24.0 Å². The van der Waals surface area contributed by atoms with E-state index in [0.717, 1.165) is 16.9 Å². The van der Waals surface area contributed by atoms with Crippen LogP contribution in [0.2, 0.25) is 0 Å². The van der Waals surface area contributed by atoms with Crippen molar-refractivity contribution in [3.05, 3.63) is 29.3 Å². The molecule has 6 heteroatoms. The second-order valence-corrected chi connectivity index (χ2v) is 8.22. The highest BCUT2D eigenvalue weighted by Crippen LogP contribution is 2.60. The van der Waals surface area contributed by atoms with E-state index in [9.17, 15) is 4.57 Å². The van der Waals surface area contributed by atoms with Crippen molar-refractivity contribution in [2.24, 2.45) is 0 Å². The molecule has 0 amide bonds. The van der Waals surface area contributed by atoms with Crippen LogP contribution in [-0.2, 0) is 9.09 Å². The Hall–Kier alpha value is -0.150. The Morgan fingerprint density at radius 2 is 2.06 bits per heavy atom. The van der Waals surface area contributed by atoms with Crippen molar-refractivity contribution in [3.8, 4) is 5.75 Å². The van der Waals surface area contributed by atoms with Crippen LogP contribution in [0.1, 0.15) is 18.1 Å². The Morgan fingerprint density at radius 3 is 2.61 bits per heavy atom. The lowest BCUT2D eigenvalue weighted by molar-refractivity contribution is 0.296. The van der Waals surface area contributed by atoms with Crippen molar-refractivity contribution >= 4 is 29.8 Å². The first-order chi connectivity index (χ1) is 8.50. The molecule has 0 bridgehead atoms. The molecule has 0 radical (unpaired) electrons. The smallest absolute Gasteiger partial charge is 0.417 e. The molecule has 1 unspecified atom stereocenters. The summed E-state index contributed by atoms with van der Waals surface area (Å²) in [7, 11) is 0. The Morgan fingerprint density at radius 1 is 1.33 bits per heavy atom. The molecule has 0 fully saturated rings. The van der Waals surface area contributed by atoms with Crippen LogP contribution in [0.15, 0.2) is 18.2 Å². The van der Waals surface area contributed by atoms with E-state index in [2.05, 4.69) is 0 Å². The zero-order valence-corrected chi connectivity index (χ0v) is 13.3. The molecule has 1 aromatic rings. The Kier molecular flexibility index (Phi) is 6.58. The Balaban J connectivity index is 2.82. The molecule has 18 heavy (non-hydrogen) atoms. The van der Waals surface area contributed by atoms with Crippen molar-refractivity contribution in [1.82, 2.24) is 0 Å². The molecule has 0 aromatic heterocycles. The van der Waals surface area contributed by atoms with E-state index in [1.54, 1.807) is 13.0 Å². The molecule has 1 aromatic carbocycles. The van der Waals surface area contributed by atoms with Crippen LogP contribution in [0.25, 0.3) is 0 Å². The van der Waals surface area contributed by atoms with Crippen LogP contribution in [-0.4, -0.2) is 18.2 Å². The molecule has 0 saturated carbocycles. The summed E-state index contributed by atoms with van der Waals surface area (Å²) in [5.74, 6) is 1.51. The van der Waals surface area contributed by atoms with Crippen LogP contribution in [0.5, 0.6) is 5.75 Å². The number of hydrogen-bond acceptors (Lipinski definition) is 4. The van der Waals surface area contributed by atoms with Gasteiger partial charge in [0.05, 0.1) is 6.61 Å². The fraction of sp³-hybridized carbons (Fsp3) is 0.500. The van der Waals surface area contributed by atoms with Crippen molar-refractivity contribution in [2.45, 2.75) is 20.8 Å². The average molecular weight is 309 g/mol. The van der Waals surface area contributed by atoms with E-state index >= 15 is 0 Å². The quantitative estimate of drug-likeness (QED) is 0.535. The summed E-state index contributed by atoms with van der Waals surface area (Å²) in [6, 6.07) is 5.60. The van der Waals surface area contributed by atoms with Crippen molar-refractivity contribution < 1.29 is 13.6 Å². The standard InChI is InChI=1S/C12H18ClO3PS/c1-4-15-17(14,18-8-7-13)16-12-6-5-10(2)11(3)9-12/h5-6,9H,4,7-8H2,1-3H3. The van der Waals surface area contributed by atoms with Crippen molar-refractivity contribution in [2.75, 3.05) is 18.2 Å². The largest absolute Gasteiger partial charge is 0.440 e. The van der Waals surface area contributed by atoms with Crippen LogP contribution in [0, 0.1) is 13.8 Å². The average Bonchev–Trinajstić information content (AvgIpc) is 2.32. The van der Waals surface area contributed by atoms with Crippen LogP contribution in [0.4, 0.5) is 0 Å². The summed E-state index contributed by atoms with van der Waals surface area (Å²) in [4.78, 5) is 0. The minimum absolute atomic E-state index is 0.345. The maximum absolute atomic E-state index is 12.4. The van der Waals surface area contributed by atoms with Gasteiger partial charge in [0.25, 0.3) is 0 Å². The third-order valence-electron chi connectivity index (χ3n) is 2.31. The molecule has 0 aliphatic heterocycles. The highest BCUT2D eigenvalue weighted by molar-refractivity contribution is 8.55. The molecular weight excluding hydrogens is 291 g/mol. The third-order valence-corrected chi connectivity index (χ3v) is 6.47. The van der Waals surface area contributed by atoms with E-state index in [4.69, 9.17) is 20.6 Å². The number of halogens is 1. The highest BCUT2D eigenvalue weighted by atomic mass is 35.5. The summed E-state index contributed by atoms with van der Waals surface area (Å²) in [5, 5.41) is 0. The summed E-state index contributed by atoms with van der Waals surface area (Å²) in [6.07, 6.45) is 0. The second kappa shape index (κ2) is 7.44. The normalized spacial score (nSPS) is 14.2. The lowest BCUT2D eigenvalue weighted by atomic mass is 10.1. The van der Waals surface area contributed by atoms with Gasteiger partial charge in [-0.2, -0.15) is 0 Å². The molecular formula is C12H18ClO3PS. The van der Waals surface area contributed by atoms with Gasteiger partial charge in [0.2, 0.25) is 0 Å². The summed E-state index contributed by atoms with van der Waals surface area (Å²) >= 11 is 6.74. The minimum Gasteiger partial charge on any atom is -0.417 e. The van der Waals surface area contributed by atoms with Crippen LogP contribution in [0.3, 0.4) is 0 Å². The fourth-order valence-electron chi connectivity index (χ4n) is 1.29. The zero-order valence-electron chi connectivity index (χ0n) is 10.8. The van der Waals surface area contributed by atoms with Gasteiger partial charge in [0, 0.05) is 11.6 Å². The minimum atomic E-state index is -3.16. The molecule has 3 nitrogen and oxygen atoms in total. The van der Waals surface area contributed by atoms with Crippen LogP contribution < -0.4 is 4.52 Å². The van der Waals surface area contributed by atoms with Crippen molar-refractivity contribution in [1.29, 1.82) is 0 Å². The van der Waals surface area contributed by atoms with Gasteiger partial charge >= 0.3 is 6.80 Å². The van der Waals surface area contributed by atoms with E-state index in [-0.39, 0.29) is 0 Å². The van der Waals surface area contributed by atoms with E-state index < -0.39 is 6.80 Å². The number of aryl methyl sites for hydroxylation is 2.